The van der Waals surface area contributed by atoms with Gasteiger partial charge in [-0.15, -0.1) is 0 Å². The normalized spacial score (nSPS) is 32.7. The molecule has 2 aliphatic carbocycles. The minimum atomic E-state index is 0.455. The van der Waals surface area contributed by atoms with Crippen LogP contribution in [0.2, 0.25) is 0 Å². The lowest BCUT2D eigenvalue weighted by atomic mass is 9.73. The monoisotopic (exact) mass is 327 g/mol. The van der Waals surface area contributed by atoms with Gasteiger partial charge in [0.25, 0.3) is 0 Å². The van der Waals surface area contributed by atoms with E-state index in [0.717, 1.165) is 23.7 Å². The Kier molecular flexibility index (Phi) is 6.02. The highest BCUT2D eigenvalue weighted by molar-refractivity contribution is 5.29. The molecule has 1 aromatic carbocycles. The van der Waals surface area contributed by atoms with Crippen LogP contribution in [0.5, 0.6) is 0 Å². The second-order valence-corrected chi connectivity index (χ2v) is 8.99. The summed E-state index contributed by atoms with van der Waals surface area (Å²) in [5, 5.41) is 0. The minimum Gasteiger partial charge on any atom is -0.328 e. The highest BCUT2D eigenvalue weighted by Crippen LogP contribution is 2.40. The SMILES string of the molecule is CC(C)C1CCC(c2cccc(C(C)C3CCC(N)CC3)c2)CC1. The van der Waals surface area contributed by atoms with Crippen molar-refractivity contribution in [2.45, 2.75) is 90.0 Å². The highest BCUT2D eigenvalue weighted by Gasteiger charge is 2.27. The molecule has 1 aromatic rings. The molecular weight excluding hydrogens is 290 g/mol. The average molecular weight is 328 g/mol. The molecule has 0 heterocycles. The van der Waals surface area contributed by atoms with E-state index in [4.69, 9.17) is 5.73 Å². The zero-order valence-electron chi connectivity index (χ0n) is 16.0. The molecule has 1 unspecified atom stereocenters. The third-order valence-corrected chi connectivity index (χ3v) is 7.15. The molecule has 1 atom stereocenters. The fraction of sp³-hybridized carbons (Fsp3) is 0.739. The summed E-state index contributed by atoms with van der Waals surface area (Å²) >= 11 is 0. The summed E-state index contributed by atoms with van der Waals surface area (Å²) < 4.78 is 0. The number of hydrogen-bond acceptors (Lipinski definition) is 1. The van der Waals surface area contributed by atoms with Crippen molar-refractivity contribution >= 4 is 0 Å². The van der Waals surface area contributed by atoms with Crippen LogP contribution in [0.3, 0.4) is 0 Å². The van der Waals surface area contributed by atoms with Crippen molar-refractivity contribution in [2.75, 3.05) is 0 Å². The Morgan fingerprint density at radius 1 is 0.833 bits per heavy atom. The van der Waals surface area contributed by atoms with Crippen LogP contribution in [-0.2, 0) is 0 Å². The van der Waals surface area contributed by atoms with Crippen molar-refractivity contribution in [1.29, 1.82) is 0 Å². The van der Waals surface area contributed by atoms with Crippen LogP contribution in [0.1, 0.15) is 95.1 Å². The van der Waals surface area contributed by atoms with Gasteiger partial charge in [0.15, 0.2) is 0 Å². The Balaban J connectivity index is 1.64. The van der Waals surface area contributed by atoms with Gasteiger partial charge in [0.05, 0.1) is 0 Å². The molecule has 3 rings (SSSR count). The van der Waals surface area contributed by atoms with Gasteiger partial charge in [-0.1, -0.05) is 45.0 Å². The van der Waals surface area contributed by atoms with Gasteiger partial charge in [-0.2, -0.15) is 0 Å². The standard InChI is InChI=1S/C23H37N/c1-16(2)18-7-9-20(10-8-18)22-6-4-5-21(15-22)17(3)19-11-13-23(24)14-12-19/h4-6,15-20,23H,7-14,24H2,1-3H3. The number of nitrogens with two attached hydrogens (primary N) is 1. The molecule has 24 heavy (non-hydrogen) atoms. The number of rotatable bonds is 4. The van der Waals surface area contributed by atoms with Gasteiger partial charge in [0.2, 0.25) is 0 Å². The summed E-state index contributed by atoms with van der Waals surface area (Å²) in [5.74, 6) is 4.12. The lowest BCUT2D eigenvalue weighted by Gasteiger charge is -2.33. The molecule has 0 aliphatic heterocycles. The van der Waals surface area contributed by atoms with E-state index in [9.17, 15) is 0 Å². The van der Waals surface area contributed by atoms with Crippen molar-refractivity contribution in [3.8, 4) is 0 Å². The van der Waals surface area contributed by atoms with E-state index in [-0.39, 0.29) is 0 Å². The van der Waals surface area contributed by atoms with E-state index in [0.29, 0.717) is 12.0 Å². The Morgan fingerprint density at radius 3 is 2.08 bits per heavy atom. The molecule has 0 amide bonds. The fourth-order valence-electron chi connectivity index (χ4n) is 5.13. The maximum atomic E-state index is 6.09. The first-order valence-corrected chi connectivity index (χ1v) is 10.4. The maximum absolute atomic E-state index is 6.09. The van der Waals surface area contributed by atoms with E-state index in [1.54, 1.807) is 11.1 Å². The molecule has 0 spiro atoms. The van der Waals surface area contributed by atoms with Gasteiger partial charge in [-0.25, -0.2) is 0 Å². The second kappa shape index (κ2) is 8.04. The third kappa shape index (κ3) is 4.23. The average Bonchev–Trinajstić information content (AvgIpc) is 2.62. The van der Waals surface area contributed by atoms with Gasteiger partial charge < -0.3 is 5.73 Å². The first-order valence-electron chi connectivity index (χ1n) is 10.4. The summed E-state index contributed by atoms with van der Waals surface area (Å²) in [6, 6.07) is 10.1. The zero-order valence-corrected chi connectivity index (χ0v) is 16.0. The quantitative estimate of drug-likeness (QED) is 0.696. The Bertz CT molecular complexity index is 505. The van der Waals surface area contributed by atoms with Crippen LogP contribution >= 0.6 is 0 Å². The van der Waals surface area contributed by atoms with Crippen molar-refractivity contribution in [2.24, 2.45) is 23.5 Å². The molecule has 2 saturated carbocycles. The molecule has 134 valence electrons. The number of benzene rings is 1. The van der Waals surface area contributed by atoms with Crippen LogP contribution in [0.4, 0.5) is 0 Å². The van der Waals surface area contributed by atoms with Crippen LogP contribution in [0.15, 0.2) is 24.3 Å². The first-order chi connectivity index (χ1) is 11.5. The van der Waals surface area contributed by atoms with Crippen molar-refractivity contribution < 1.29 is 0 Å². The predicted molar refractivity (Wildman–Crippen MR) is 104 cm³/mol. The molecule has 2 fully saturated rings. The summed E-state index contributed by atoms with van der Waals surface area (Å²) in [5.41, 5.74) is 9.26. The van der Waals surface area contributed by atoms with E-state index in [2.05, 4.69) is 45.0 Å². The first kappa shape index (κ1) is 18.0. The van der Waals surface area contributed by atoms with Crippen LogP contribution in [0.25, 0.3) is 0 Å². The highest BCUT2D eigenvalue weighted by atomic mass is 14.6. The molecule has 2 aliphatic rings. The summed E-state index contributed by atoms with van der Waals surface area (Å²) in [7, 11) is 0. The Hall–Kier alpha value is -0.820. The third-order valence-electron chi connectivity index (χ3n) is 7.15. The molecule has 0 radical (unpaired) electrons. The second-order valence-electron chi connectivity index (χ2n) is 8.99. The van der Waals surface area contributed by atoms with Gasteiger partial charge in [-0.05, 0) is 92.1 Å². The van der Waals surface area contributed by atoms with Crippen molar-refractivity contribution in [3.05, 3.63) is 35.4 Å². The van der Waals surface area contributed by atoms with E-state index < -0.39 is 0 Å². The van der Waals surface area contributed by atoms with Gasteiger partial charge in [-0.3, -0.25) is 0 Å². The van der Waals surface area contributed by atoms with Crippen molar-refractivity contribution in [1.82, 2.24) is 0 Å². The Labute approximate surface area is 149 Å². The molecular formula is C23H37N. The molecule has 2 N–H and O–H groups in total. The van der Waals surface area contributed by atoms with E-state index >= 15 is 0 Å². The maximum Gasteiger partial charge on any atom is 0.00390 e. The predicted octanol–water partition coefficient (Wildman–Crippen LogP) is 6.24. The Morgan fingerprint density at radius 2 is 1.46 bits per heavy atom. The van der Waals surface area contributed by atoms with Gasteiger partial charge in [0, 0.05) is 6.04 Å². The summed E-state index contributed by atoms with van der Waals surface area (Å²) in [6.07, 6.45) is 10.7. The number of hydrogen-bond donors (Lipinski definition) is 1. The zero-order chi connectivity index (χ0) is 17.1. The lowest BCUT2D eigenvalue weighted by molar-refractivity contribution is 0.258. The van der Waals surface area contributed by atoms with Crippen LogP contribution < -0.4 is 5.73 Å². The van der Waals surface area contributed by atoms with Crippen LogP contribution in [0, 0.1) is 17.8 Å². The van der Waals surface area contributed by atoms with Gasteiger partial charge in [0.1, 0.15) is 0 Å². The fourth-order valence-corrected chi connectivity index (χ4v) is 5.13. The largest absolute Gasteiger partial charge is 0.328 e. The summed E-state index contributed by atoms with van der Waals surface area (Å²) in [4.78, 5) is 0. The molecule has 0 saturated heterocycles. The lowest BCUT2D eigenvalue weighted by Crippen LogP contribution is -2.28. The van der Waals surface area contributed by atoms with Gasteiger partial charge >= 0.3 is 0 Å². The summed E-state index contributed by atoms with van der Waals surface area (Å²) in [6.45, 7) is 7.23. The molecule has 0 bridgehead atoms. The van der Waals surface area contributed by atoms with E-state index in [1.165, 1.54) is 51.4 Å². The topological polar surface area (TPSA) is 26.0 Å². The van der Waals surface area contributed by atoms with Crippen molar-refractivity contribution in [3.63, 3.8) is 0 Å². The molecule has 0 aromatic heterocycles. The minimum absolute atomic E-state index is 0.455. The van der Waals surface area contributed by atoms with Crippen LogP contribution in [-0.4, -0.2) is 6.04 Å². The molecule has 1 heteroatoms. The van der Waals surface area contributed by atoms with E-state index in [1.807, 2.05) is 0 Å². The smallest absolute Gasteiger partial charge is 0.00390 e. The molecule has 1 nitrogen and oxygen atoms in total.